The molecule has 1 amide bonds. The maximum absolute atomic E-state index is 13.3. The van der Waals surface area contributed by atoms with Gasteiger partial charge in [-0.1, -0.05) is 0 Å². The number of nitrogens with two attached hydrogens (primary N) is 1. The highest BCUT2D eigenvalue weighted by atomic mass is 19.1. The first kappa shape index (κ1) is 13.0. The minimum absolute atomic E-state index is 0.0924. The Bertz CT molecular complexity index is 427. The highest BCUT2D eigenvalue weighted by Gasteiger charge is 2.26. The van der Waals surface area contributed by atoms with E-state index in [4.69, 9.17) is 5.73 Å². The molecule has 0 saturated carbocycles. The average molecular weight is 250 g/mol. The van der Waals surface area contributed by atoms with Crippen LogP contribution in [-0.2, 0) is 0 Å². The van der Waals surface area contributed by atoms with Crippen LogP contribution >= 0.6 is 0 Å². The van der Waals surface area contributed by atoms with Gasteiger partial charge < -0.3 is 10.6 Å². The Balaban J connectivity index is 2.23. The Morgan fingerprint density at radius 3 is 2.89 bits per heavy atom. The summed E-state index contributed by atoms with van der Waals surface area (Å²) in [5, 5.41) is 0. The van der Waals surface area contributed by atoms with Crippen LogP contribution in [0.4, 0.5) is 4.39 Å². The van der Waals surface area contributed by atoms with Gasteiger partial charge in [-0.25, -0.2) is 4.39 Å². The molecule has 1 fully saturated rings. The fourth-order valence-electron chi connectivity index (χ4n) is 2.54. The van der Waals surface area contributed by atoms with Crippen LogP contribution < -0.4 is 5.73 Å². The molecule has 0 spiro atoms. The zero-order valence-electron chi connectivity index (χ0n) is 10.7. The average Bonchev–Trinajstić information content (AvgIpc) is 2.36. The highest BCUT2D eigenvalue weighted by Crippen LogP contribution is 2.20. The Morgan fingerprint density at radius 2 is 2.22 bits per heavy atom. The van der Waals surface area contributed by atoms with Crippen molar-refractivity contribution in [3.8, 4) is 0 Å². The summed E-state index contributed by atoms with van der Waals surface area (Å²) < 4.78 is 13.3. The topological polar surface area (TPSA) is 46.3 Å². The van der Waals surface area contributed by atoms with Crippen molar-refractivity contribution in [3.63, 3.8) is 0 Å². The van der Waals surface area contributed by atoms with Crippen molar-refractivity contribution in [2.24, 2.45) is 5.73 Å². The lowest BCUT2D eigenvalue weighted by atomic mass is 10.0. The van der Waals surface area contributed by atoms with Gasteiger partial charge in [0.15, 0.2) is 0 Å². The van der Waals surface area contributed by atoms with E-state index in [1.54, 1.807) is 17.9 Å². The van der Waals surface area contributed by atoms with Crippen molar-refractivity contribution >= 4 is 5.91 Å². The third-order valence-corrected chi connectivity index (χ3v) is 3.45. The van der Waals surface area contributed by atoms with Crippen LogP contribution in [0.15, 0.2) is 18.2 Å². The van der Waals surface area contributed by atoms with E-state index in [2.05, 4.69) is 0 Å². The lowest BCUT2D eigenvalue weighted by Gasteiger charge is -2.35. The van der Waals surface area contributed by atoms with Crippen LogP contribution in [0.1, 0.15) is 35.2 Å². The van der Waals surface area contributed by atoms with Gasteiger partial charge in [-0.15, -0.1) is 0 Å². The molecule has 0 bridgehead atoms. The number of carbonyl (C=O) groups is 1. The quantitative estimate of drug-likeness (QED) is 0.873. The van der Waals surface area contributed by atoms with E-state index in [0.717, 1.165) is 31.4 Å². The summed E-state index contributed by atoms with van der Waals surface area (Å²) in [6.45, 7) is 2.98. The number of halogens is 1. The normalized spacial score (nSPS) is 19.9. The number of hydrogen-bond donors (Lipinski definition) is 1. The molecule has 0 aromatic heterocycles. The number of nitrogens with zero attached hydrogens (tertiary/aromatic N) is 1. The van der Waals surface area contributed by atoms with Crippen molar-refractivity contribution in [3.05, 3.63) is 35.1 Å². The summed E-state index contributed by atoms with van der Waals surface area (Å²) >= 11 is 0. The molecule has 2 N–H and O–H groups in total. The van der Waals surface area contributed by atoms with E-state index in [9.17, 15) is 9.18 Å². The molecule has 4 heteroatoms. The summed E-state index contributed by atoms with van der Waals surface area (Å²) in [4.78, 5) is 14.2. The second-order valence-corrected chi connectivity index (χ2v) is 4.90. The van der Waals surface area contributed by atoms with Gasteiger partial charge in [0.2, 0.25) is 0 Å². The van der Waals surface area contributed by atoms with E-state index >= 15 is 0 Å². The molecule has 1 aliphatic heterocycles. The van der Waals surface area contributed by atoms with Crippen LogP contribution in [0.5, 0.6) is 0 Å². The fourth-order valence-corrected chi connectivity index (χ4v) is 2.54. The van der Waals surface area contributed by atoms with Gasteiger partial charge in [-0.3, -0.25) is 4.79 Å². The SMILES string of the molecule is Cc1cc(F)cc(C(=O)N2CCCC[C@@H]2CN)c1. The van der Waals surface area contributed by atoms with Crippen LogP contribution in [0.3, 0.4) is 0 Å². The lowest BCUT2D eigenvalue weighted by Crippen LogP contribution is -2.47. The van der Waals surface area contributed by atoms with Crippen molar-refractivity contribution in [1.29, 1.82) is 0 Å². The first-order valence-electron chi connectivity index (χ1n) is 6.40. The molecular weight excluding hydrogens is 231 g/mol. The number of likely N-dealkylation sites (tertiary alicyclic amines) is 1. The first-order chi connectivity index (χ1) is 8.61. The third-order valence-electron chi connectivity index (χ3n) is 3.45. The molecule has 1 atom stereocenters. The van der Waals surface area contributed by atoms with E-state index in [-0.39, 0.29) is 17.8 Å². The van der Waals surface area contributed by atoms with Gasteiger partial charge in [-0.2, -0.15) is 0 Å². The maximum atomic E-state index is 13.3. The number of aryl methyl sites for hydroxylation is 1. The van der Waals surface area contributed by atoms with E-state index < -0.39 is 0 Å². The molecule has 1 aliphatic rings. The number of amides is 1. The summed E-state index contributed by atoms with van der Waals surface area (Å²) in [6, 6.07) is 4.55. The van der Waals surface area contributed by atoms with Gasteiger partial charge >= 0.3 is 0 Å². The van der Waals surface area contributed by atoms with Gasteiger partial charge in [0, 0.05) is 24.7 Å². The summed E-state index contributed by atoms with van der Waals surface area (Å²) in [7, 11) is 0. The fraction of sp³-hybridized carbons (Fsp3) is 0.500. The first-order valence-corrected chi connectivity index (χ1v) is 6.40. The number of hydrogen-bond acceptors (Lipinski definition) is 2. The molecule has 1 saturated heterocycles. The second kappa shape index (κ2) is 5.48. The summed E-state index contributed by atoms with van der Waals surface area (Å²) in [6.07, 6.45) is 3.04. The molecule has 3 nitrogen and oxygen atoms in total. The molecule has 1 aromatic carbocycles. The summed E-state index contributed by atoms with van der Waals surface area (Å²) in [5.41, 5.74) is 6.89. The molecule has 98 valence electrons. The molecule has 0 aliphatic carbocycles. The van der Waals surface area contributed by atoms with Gasteiger partial charge in [-0.05, 0) is 49.9 Å². The van der Waals surface area contributed by atoms with Crippen molar-refractivity contribution in [1.82, 2.24) is 4.90 Å². The Labute approximate surface area is 107 Å². The minimum atomic E-state index is -0.361. The smallest absolute Gasteiger partial charge is 0.254 e. The standard InChI is InChI=1S/C14H19FN2O/c1-10-6-11(8-12(15)7-10)14(18)17-5-3-2-4-13(17)9-16/h6-8,13H,2-5,9,16H2,1H3/t13-/m1/s1. The van der Waals surface area contributed by atoms with Gasteiger partial charge in [0.25, 0.3) is 5.91 Å². The molecule has 0 radical (unpaired) electrons. The number of rotatable bonds is 2. The Morgan fingerprint density at radius 1 is 1.44 bits per heavy atom. The number of carbonyl (C=O) groups excluding carboxylic acids is 1. The monoisotopic (exact) mass is 250 g/mol. The molecular formula is C14H19FN2O. The predicted octanol–water partition coefficient (Wildman–Crippen LogP) is 2.09. The lowest BCUT2D eigenvalue weighted by molar-refractivity contribution is 0.0623. The van der Waals surface area contributed by atoms with Crippen LogP contribution in [0, 0.1) is 12.7 Å². The molecule has 1 aromatic rings. The molecule has 1 heterocycles. The minimum Gasteiger partial charge on any atom is -0.334 e. The van der Waals surface area contributed by atoms with E-state index in [1.807, 2.05) is 0 Å². The van der Waals surface area contributed by atoms with Crippen LogP contribution in [-0.4, -0.2) is 29.9 Å². The zero-order chi connectivity index (χ0) is 13.1. The third kappa shape index (κ3) is 2.70. The van der Waals surface area contributed by atoms with E-state index in [1.165, 1.54) is 12.1 Å². The van der Waals surface area contributed by atoms with E-state index in [0.29, 0.717) is 12.1 Å². The number of benzene rings is 1. The Hall–Kier alpha value is -1.42. The van der Waals surface area contributed by atoms with Gasteiger partial charge in [0.1, 0.15) is 5.82 Å². The zero-order valence-corrected chi connectivity index (χ0v) is 10.7. The Kier molecular flexibility index (Phi) is 3.97. The van der Waals surface area contributed by atoms with Crippen molar-refractivity contribution < 1.29 is 9.18 Å². The summed E-state index contributed by atoms with van der Waals surface area (Å²) in [5.74, 6) is -0.465. The molecule has 0 unspecified atom stereocenters. The maximum Gasteiger partial charge on any atom is 0.254 e. The van der Waals surface area contributed by atoms with Gasteiger partial charge in [0.05, 0.1) is 0 Å². The highest BCUT2D eigenvalue weighted by molar-refractivity contribution is 5.94. The largest absolute Gasteiger partial charge is 0.334 e. The van der Waals surface area contributed by atoms with Crippen LogP contribution in [0.25, 0.3) is 0 Å². The second-order valence-electron chi connectivity index (χ2n) is 4.90. The van der Waals surface area contributed by atoms with Crippen molar-refractivity contribution in [2.45, 2.75) is 32.2 Å². The van der Waals surface area contributed by atoms with Crippen LogP contribution in [0.2, 0.25) is 0 Å². The predicted molar refractivity (Wildman–Crippen MR) is 68.9 cm³/mol. The molecule has 2 rings (SSSR count). The number of piperidine rings is 1. The van der Waals surface area contributed by atoms with Crippen molar-refractivity contribution in [2.75, 3.05) is 13.1 Å². The molecule has 18 heavy (non-hydrogen) atoms.